The molecule has 0 aliphatic carbocycles. The van der Waals surface area contributed by atoms with Gasteiger partial charge in [0, 0.05) is 12.6 Å². The maximum absolute atomic E-state index is 12.6. The lowest BCUT2D eigenvalue weighted by Gasteiger charge is -2.37. The summed E-state index contributed by atoms with van der Waals surface area (Å²) in [5.41, 5.74) is 3.48. The molecule has 1 aromatic carbocycles. The molecule has 1 aliphatic heterocycles. The number of benzene rings is 1. The molecule has 0 aromatic heterocycles. The molecule has 1 heterocycles. The lowest BCUT2D eigenvalue weighted by atomic mass is 9.98. The second kappa shape index (κ2) is 7.63. The normalized spacial score (nSPS) is 21.5. The quantitative estimate of drug-likeness (QED) is 0.794. The van der Waals surface area contributed by atoms with Gasteiger partial charge in [-0.3, -0.25) is 9.63 Å². The van der Waals surface area contributed by atoms with Crippen LogP contribution in [0.3, 0.4) is 0 Å². The molecule has 6 nitrogen and oxygen atoms in total. The second-order valence-corrected chi connectivity index (χ2v) is 5.48. The van der Waals surface area contributed by atoms with Crippen LogP contribution in [0.2, 0.25) is 0 Å². The van der Waals surface area contributed by atoms with Gasteiger partial charge in [0.1, 0.15) is 6.04 Å². The SMILES string of the molecule is O=C(O)[C@@H]1CC[C@@H](NOCc2ccccc2)CN1C(=O)C(F)(F)F. The zero-order valence-electron chi connectivity index (χ0n) is 12.6. The van der Waals surface area contributed by atoms with Gasteiger partial charge in [-0.1, -0.05) is 30.3 Å². The Morgan fingerprint density at radius 2 is 1.92 bits per heavy atom. The number of hydrogen-bond acceptors (Lipinski definition) is 4. The van der Waals surface area contributed by atoms with E-state index in [9.17, 15) is 22.8 Å². The van der Waals surface area contributed by atoms with Gasteiger partial charge >= 0.3 is 18.1 Å². The molecule has 2 rings (SSSR count). The number of carboxylic acids is 1. The predicted octanol–water partition coefficient (Wildman–Crippen LogP) is 1.71. The molecule has 0 radical (unpaired) electrons. The van der Waals surface area contributed by atoms with Crippen LogP contribution in [0, 0.1) is 0 Å². The number of piperidine rings is 1. The van der Waals surface area contributed by atoms with E-state index < -0.39 is 30.1 Å². The highest BCUT2D eigenvalue weighted by molar-refractivity contribution is 5.87. The third kappa shape index (κ3) is 4.68. The first-order chi connectivity index (χ1) is 11.3. The van der Waals surface area contributed by atoms with E-state index in [0.29, 0.717) is 4.90 Å². The van der Waals surface area contributed by atoms with Crippen molar-refractivity contribution in [3.63, 3.8) is 0 Å². The summed E-state index contributed by atoms with van der Waals surface area (Å²) in [5.74, 6) is -3.60. The van der Waals surface area contributed by atoms with Gasteiger partial charge in [-0.05, 0) is 18.4 Å². The third-order valence-corrected chi connectivity index (χ3v) is 3.70. The van der Waals surface area contributed by atoms with Gasteiger partial charge in [0.15, 0.2) is 0 Å². The van der Waals surface area contributed by atoms with Gasteiger partial charge in [-0.15, -0.1) is 0 Å². The molecule has 1 saturated heterocycles. The highest BCUT2D eigenvalue weighted by atomic mass is 19.4. The Morgan fingerprint density at radius 1 is 1.25 bits per heavy atom. The summed E-state index contributed by atoms with van der Waals surface area (Å²) in [6, 6.07) is 7.07. The fraction of sp³-hybridized carbons (Fsp3) is 0.467. The number of aliphatic carboxylic acids is 1. The lowest BCUT2D eigenvalue weighted by Crippen LogP contribution is -2.58. The minimum atomic E-state index is -5.11. The second-order valence-electron chi connectivity index (χ2n) is 5.48. The van der Waals surface area contributed by atoms with Crippen molar-refractivity contribution >= 4 is 11.9 Å². The van der Waals surface area contributed by atoms with E-state index in [2.05, 4.69) is 5.48 Å². The number of amides is 1. The van der Waals surface area contributed by atoms with Crippen molar-refractivity contribution in [1.82, 2.24) is 10.4 Å². The number of carboxylic acid groups (broad SMARTS) is 1. The molecule has 1 aromatic rings. The first-order valence-electron chi connectivity index (χ1n) is 7.31. The van der Waals surface area contributed by atoms with Gasteiger partial charge in [0.2, 0.25) is 0 Å². The minimum Gasteiger partial charge on any atom is -0.480 e. The van der Waals surface area contributed by atoms with Crippen molar-refractivity contribution in [2.75, 3.05) is 6.54 Å². The summed E-state index contributed by atoms with van der Waals surface area (Å²) < 4.78 is 37.9. The van der Waals surface area contributed by atoms with Gasteiger partial charge in [-0.25, -0.2) is 4.79 Å². The molecule has 0 spiro atoms. The van der Waals surface area contributed by atoms with Crippen LogP contribution in [0.1, 0.15) is 18.4 Å². The molecule has 2 atom stereocenters. The largest absolute Gasteiger partial charge is 0.480 e. The molecule has 1 aliphatic rings. The maximum atomic E-state index is 12.6. The molecule has 1 fully saturated rings. The standard InChI is InChI=1S/C15H17F3N2O4/c16-15(17,18)14(23)20-8-11(6-7-12(20)13(21)22)19-24-9-10-4-2-1-3-5-10/h1-5,11-12,19H,6-9H2,(H,21,22)/t11-,12+/m1/s1. The highest BCUT2D eigenvalue weighted by Crippen LogP contribution is 2.25. The monoisotopic (exact) mass is 346 g/mol. The van der Waals surface area contributed by atoms with E-state index in [1.807, 2.05) is 30.3 Å². The van der Waals surface area contributed by atoms with Crippen molar-refractivity contribution in [3.05, 3.63) is 35.9 Å². The number of carbonyl (C=O) groups is 2. The van der Waals surface area contributed by atoms with Crippen LogP contribution in [-0.2, 0) is 21.0 Å². The topological polar surface area (TPSA) is 78.9 Å². The van der Waals surface area contributed by atoms with Crippen LogP contribution in [0.5, 0.6) is 0 Å². The molecular weight excluding hydrogens is 329 g/mol. The van der Waals surface area contributed by atoms with E-state index in [1.165, 1.54) is 0 Å². The van der Waals surface area contributed by atoms with Crippen LogP contribution < -0.4 is 5.48 Å². The Bertz CT molecular complexity index is 580. The highest BCUT2D eigenvalue weighted by Gasteiger charge is 2.48. The Kier molecular flexibility index (Phi) is 5.79. The van der Waals surface area contributed by atoms with Crippen molar-refractivity contribution in [1.29, 1.82) is 0 Å². The number of likely N-dealkylation sites (tertiary alicyclic amines) is 1. The molecular formula is C15H17F3N2O4. The van der Waals surface area contributed by atoms with Gasteiger partial charge in [0.25, 0.3) is 0 Å². The fourth-order valence-electron chi connectivity index (χ4n) is 2.53. The first kappa shape index (κ1) is 18.2. The van der Waals surface area contributed by atoms with Crippen molar-refractivity contribution in [2.45, 2.75) is 37.7 Å². The van der Waals surface area contributed by atoms with Gasteiger partial charge in [-0.2, -0.15) is 18.7 Å². The van der Waals surface area contributed by atoms with Crippen LogP contribution in [0.25, 0.3) is 0 Å². The number of nitrogens with zero attached hydrogens (tertiary/aromatic N) is 1. The van der Waals surface area contributed by atoms with Crippen molar-refractivity contribution in [3.8, 4) is 0 Å². The summed E-state index contributed by atoms with van der Waals surface area (Å²) in [5, 5.41) is 9.02. The fourth-order valence-corrected chi connectivity index (χ4v) is 2.53. The van der Waals surface area contributed by atoms with E-state index in [1.54, 1.807) is 0 Å². The molecule has 2 N–H and O–H groups in total. The molecule has 9 heteroatoms. The van der Waals surface area contributed by atoms with E-state index in [0.717, 1.165) is 5.56 Å². The minimum absolute atomic E-state index is 0.0798. The summed E-state index contributed by atoms with van der Waals surface area (Å²) >= 11 is 0. The lowest BCUT2D eigenvalue weighted by molar-refractivity contribution is -0.192. The number of carbonyl (C=O) groups excluding carboxylic acids is 1. The van der Waals surface area contributed by atoms with Gasteiger partial charge < -0.3 is 10.0 Å². The predicted molar refractivity (Wildman–Crippen MR) is 76.6 cm³/mol. The molecule has 0 unspecified atom stereocenters. The Morgan fingerprint density at radius 3 is 2.50 bits per heavy atom. The van der Waals surface area contributed by atoms with E-state index in [-0.39, 0.29) is 26.0 Å². The third-order valence-electron chi connectivity index (χ3n) is 3.70. The number of alkyl halides is 3. The smallest absolute Gasteiger partial charge is 0.471 e. The number of halogens is 3. The Balaban J connectivity index is 1.94. The summed E-state index contributed by atoms with van der Waals surface area (Å²) in [6.07, 6.45) is -4.91. The number of nitrogens with one attached hydrogen (secondary N) is 1. The van der Waals surface area contributed by atoms with Crippen LogP contribution in [-0.4, -0.2) is 46.7 Å². The zero-order valence-corrected chi connectivity index (χ0v) is 12.6. The summed E-state index contributed by atoms with van der Waals surface area (Å²) in [7, 11) is 0. The number of rotatable bonds is 5. The Hall–Kier alpha value is -2.13. The number of hydrogen-bond donors (Lipinski definition) is 2. The van der Waals surface area contributed by atoms with Gasteiger partial charge in [0.05, 0.1) is 6.61 Å². The van der Waals surface area contributed by atoms with Crippen LogP contribution >= 0.6 is 0 Å². The van der Waals surface area contributed by atoms with Crippen molar-refractivity contribution in [2.24, 2.45) is 0 Å². The molecule has 24 heavy (non-hydrogen) atoms. The van der Waals surface area contributed by atoms with Crippen LogP contribution in [0.4, 0.5) is 13.2 Å². The number of hydroxylamine groups is 1. The molecule has 1 amide bonds. The summed E-state index contributed by atoms with van der Waals surface area (Å²) in [4.78, 5) is 28.1. The average molecular weight is 346 g/mol. The Labute approximate surface area is 136 Å². The van der Waals surface area contributed by atoms with Crippen LogP contribution in [0.15, 0.2) is 30.3 Å². The average Bonchev–Trinajstić information content (AvgIpc) is 2.54. The van der Waals surface area contributed by atoms with E-state index in [4.69, 9.17) is 9.94 Å². The molecule has 0 saturated carbocycles. The zero-order chi connectivity index (χ0) is 17.7. The summed E-state index contributed by atoms with van der Waals surface area (Å²) in [6.45, 7) is -0.184. The molecule has 132 valence electrons. The first-order valence-corrected chi connectivity index (χ1v) is 7.31. The maximum Gasteiger partial charge on any atom is 0.471 e. The van der Waals surface area contributed by atoms with Crippen molar-refractivity contribution < 1.29 is 32.7 Å². The molecule has 0 bridgehead atoms. The van der Waals surface area contributed by atoms with E-state index >= 15 is 0 Å².